The fraction of sp³-hybridized carbons (Fsp3) is 0.286. The summed E-state index contributed by atoms with van der Waals surface area (Å²) in [6.07, 6.45) is 3.54. The number of anilines is 1. The minimum absolute atomic E-state index is 0.297. The first-order chi connectivity index (χ1) is 13.5. The third kappa shape index (κ3) is 4.53. The van der Waals surface area contributed by atoms with Gasteiger partial charge in [-0.3, -0.25) is 4.40 Å². The lowest BCUT2D eigenvalue weighted by Crippen LogP contribution is -2.21. The average Bonchev–Trinajstić information content (AvgIpc) is 3.03. The van der Waals surface area contributed by atoms with Crippen LogP contribution in [0.25, 0.3) is 16.9 Å². The molecule has 2 heterocycles. The van der Waals surface area contributed by atoms with Gasteiger partial charge in [-0.1, -0.05) is 18.1 Å². The highest BCUT2D eigenvalue weighted by Crippen LogP contribution is 2.30. The van der Waals surface area contributed by atoms with Gasteiger partial charge in [-0.05, 0) is 31.5 Å². The molecule has 0 amide bonds. The van der Waals surface area contributed by atoms with Gasteiger partial charge in [0, 0.05) is 29.4 Å². The second-order valence-corrected chi connectivity index (χ2v) is 6.97. The van der Waals surface area contributed by atoms with E-state index in [9.17, 15) is 23.4 Å². The third-order valence-corrected chi connectivity index (χ3v) is 4.53. The Kier molecular flexibility index (Phi) is 5.30. The molecule has 0 saturated carbocycles. The van der Waals surface area contributed by atoms with Crippen molar-refractivity contribution in [3.05, 3.63) is 53.3 Å². The highest BCUT2D eigenvalue weighted by atomic mass is 19.4. The molecule has 0 saturated heterocycles. The predicted octanol–water partition coefficient (Wildman–Crippen LogP) is 3.81. The minimum atomic E-state index is -4.26. The molecule has 1 aromatic carbocycles. The number of hydrogen-bond donors (Lipinski definition) is 3. The number of aliphatic hydroxyl groups is 2. The zero-order valence-electron chi connectivity index (χ0n) is 15.9. The Hall–Kier alpha value is -3.02. The number of alkyl halides is 3. The molecule has 0 unspecified atom stereocenters. The molecule has 29 heavy (non-hydrogen) atoms. The normalized spacial score (nSPS) is 12.2. The Balaban J connectivity index is 2.04. The second-order valence-electron chi connectivity index (χ2n) is 6.97. The monoisotopic (exact) mass is 403 g/mol. The van der Waals surface area contributed by atoms with Crippen molar-refractivity contribution in [1.29, 1.82) is 0 Å². The van der Waals surface area contributed by atoms with Gasteiger partial charge in [0.1, 0.15) is 0 Å². The van der Waals surface area contributed by atoms with Crippen molar-refractivity contribution >= 4 is 11.3 Å². The number of rotatable bonds is 5. The van der Waals surface area contributed by atoms with Crippen LogP contribution in [0.1, 0.15) is 30.0 Å². The third-order valence-electron chi connectivity index (χ3n) is 4.53. The highest BCUT2D eigenvalue weighted by molar-refractivity contribution is 5.75. The van der Waals surface area contributed by atoms with E-state index in [1.54, 1.807) is 48.0 Å². The fourth-order valence-electron chi connectivity index (χ4n) is 3.20. The zero-order valence-corrected chi connectivity index (χ0v) is 15.9. The van der Waals surface area contributed by atoms with Gasteiger partial charge >= 0.3 is 6.18 Å². The lowest BCUT2D eigenvalue weighted by Gasteiger charge is -2.19. The Labute approximate surface area is 165 Å². The van der Waals surface area contributed by atoms with E-state index in [4.69, 9.17) is 6.42 Å². The molecule has 0 aliphatic heterocycles. The number of hydrogen-bond acceptors (Lipinski definition) is 4. The van der Waals surface area contributed by atoms with E-state index in [0.29, 0.717) is 33.7 Å². The number of nitrogens with zero attached hydrogens (tertiary/aromatic N) is 2. The number of aromatic nitrogens is 2. The van der Waals surface area contributed by atoms with Crippen molar-refractivity contribution in [3.8, 4) is 23.6 Å². The number of aryl methyl sites for hydroxylation is 1. The van der Waals surface area contributed by atoms with Crippen molar-refractivity contribution in [2.24, 2.45) is 0 Å². The zero-order chi connectivity index (χ0) is 21.4. The Morgan fingerprint density at radius 2 is 1.97 bits per heavy atom. The van der Waals surface area contributed by atoms with E-state index < -0.39 is 18.4 Å². The molecule has 0 fully saturated rings. The molecule has 0 spiro atoms. The van der Waals surface area contributed by atoms with Crippen LogP contribution >= 0.6 is 0 Å². The van der Waals surface area contributed by atoms with Gasteiger partial charge in [0.15, 0.2) is 11.4 Å². The first kappa shape index (κ1) is 20.7. The summed E-state index contributed by atoms with van der Waals surface area (Å²) >= 11 is 0. The van der Waals surface area contributed by atoms with Crippen molar-refractivity contribution in [1.82, 2.24) is 9.38 Å². The second kappa shape index (κ2) is 7.43. The summed E-state index contributed by atoms with van der Waals surface area (Å²) in [5.74, 6) is 0.534. The van der Waals surface area contributed by atoms with Crippen LogP contribution in [0.5, 0.6) is 0 Å². The summed E-state index contributed by atoms with van der Waals surface area (Å²) in [5.41, 5.74) is 3.79. The number of terminal acetylenes is 1. The molecule has 2 aromatic heterocycles. The number of fused-ring (bicyclic) bond motifs is 1. The van der Waals surface area contributed by atoms with E-state index in [2.05, 4.69) is 16.2 Å². The molecule has 0 aliphatic rings. The van der Waals surface area contributed by atoms with Crippen LogP contribution in [0.4, 0.5) is 18.9 Å². The summed E-state index contributed by atoms with van der Waals surface area (Å²) in [6.45, 7) is 2.74. The number of nitrogens with one attached hydrogen (secondary N) is 1. The molecular weight excluding hydrogens is 383 g/mol. The van der Waals surface area contributed by atoms with Gasteiger partial charge < -0.3 is 15.5 Å². The van der Waals surface area contributed by atoms with Crippen LogP contribution in [0.3, 0.4) is 0 Å². The molecular formula is C21H20F3N3O2. The quantitative estimate of drug-likeness (QED) is 0.448. The van der Waals surface area contributed by atoms with E-state index in [1.807, 2.05) is 0 Å². The maximum Gasteiger partial charge on any atom is 0.390 e. The van der Waals surface area contributed by atoms with Crippen molar-refractivity contribution in [2.75, 3.05) is 11.9 Å². The molecule has 3 N–H and O–H groups in total. The molecule has 152 valence electrons. The van der Waals surface area contributed by atoms with Gasteiger partial charge in [-0.2, -0.15) is 13.2 Å². The maximum atomic E-state index is 12.5. The molecule has 5 nitrogen and oxygen atoms in total. The van der Waals surface area contributed by atoms with Gasteiger partial charge in [0.25, 0.3) is 0 Å². The lowest BCUT2D eigenvalue weighted by atomic mass is 9.98. The Morgan fingerprint density at radius 1 is 1.24 bits per heavy atom. The van der Waals surface area contributed by atoms with E-state index in [1.165, 1.54) is 6.92 Å². The van der Waals surface area contributed by atoms with Crippen LogP contribution in [-0.4, -0.2) is 32.3 Å². The molecule has 0 radical (unpaired) electrons. The summed E-state index contributed by atoms with van der Waals surface area (Å²) in [7, 11) is 0. The summed E-state index contributed by atoms with van der Waals surface area (Å²) < 4.78 is 39.1. The van der Waals surface area contributed by atoms with Crippen molar-refractivity contribution in [2.45, 2.75) is 32.2 Å². The van der Waals surface area contributed by atoms with Crippen LogP contribution in [0.15, 0.2) is 36.7 Å². The molecule has 0 aliphatic carbocycles. The lowest BCUT2D eigenvalue weighted by molar-refractivity contribution is -0.153. The molecule has 8 heteroatoms. The first-order valence-electron chi connectivity index (χ1n) is 8.84. The van der Waals surface area contributed by atoms with E-state index >= 15 is 0 Å². The smallest absolute Gasteiger partial charge is 0.382 e. The maximum absolute atomic E-state index is 12.5. The fourth-order valence-corrected chi connectivity index (χ4v) is 3.20. The van der Waals surface area contributed by atoms with Gasteiger partial charge in [0.2, 0.25) is 0 Å². The Morgan fingerprint density at radius 3 is 2.55 bits per heavy atom. The molecule has 3 rings (SSSR count). The summed E-state index contributed by atoms with van der Waals surface area (Å²) in [6, 6.07) is 6.69. The van der Waals surface area contributed by atoms with Crippen molar-refractivity contribution in [3.63, 3.8) is 0 Å². The molecule has 3 aromatic rings. The van der Waals surface area contributed by atoms with Gasteiger partial charge in [0.05, 0.1) is 24.0 Å². The molecule has 0 atom stereocenters. The first-order valence-corrected chi connectivity index (χ1v) is 8.84. The predicted molar refractivity (Wildman–Crippen MR) is 104 cm³/mol. The topological polar surface area (TPSA) is 69.8 Å². The number of pyridine rings is 1. The SMILES string of the molecule is C#Cc1cc(NCCC(F)(F)F)c2ncc(-c3ccc(C(C)(O)O)c(C)c3)n2c1. The van der Waals surface area contributed by atoms with E-state index in [-0.39, 0.29) is 6.54 Å². The van der Waals surface area contributed by atoms with Crippen LogP contribution in [0.2, 0.25) is 0 Å². The summed E-state index contributed by atoms with van der Waals surface area (Å²) in [5, 5.41) is 22.4. The number of benzene rings is 1. The van der Waals surface area contributed by atoms with Crippen LogP contribution in [-0.2, 0) is 5.79 Å². The van der Waals surface area contributed by atoms with Crippen LogP contribution < -0.4 is 5.32 Å². The summed E-state index contributed by atoms with van der Waals surface area (Å²) in [4.78, 5) is 4.34. The van der Waals surface area contributed by atoms with Crippen molar-refractivity contribution < 1.29 is 23.4 Å². The standard InChI is InChI=1S/C21H20F3N3O2/c1-4-14-10-17(25-8-7-21(22,23)24)19-26-11-18(27(19)12-14)15-5-6-16(13(2)9-15)20(3,28)29/h1,5-6,9-12,25,28-29H,7-8H2,2-3H3. The van der Waals surface area contributed by atoms with E-state index in [0.717, 1.165) is 5.56 Å². The minimum Gasteiger partial charge on any atom is -0.382 e. The average molecular weight is 403 g/mol. The van der Waals surface area contributed by atoms with Crippen LogP contribution in [0, 0.1) is 19.3 Å². The van der Waals surface area contributed by atoms with Gasteiger partial charge in [-0.15, -0.1) is 6.42 Å². The highest BCUT2D eigenvalue weighted by Gasteiger charge is 2.26. The largest absolute Gasteiger partial charge is 0.390 e. The van der Waals surface area contributed by atoms with Gasteiger partial charge in [-0.25, -0.2) is 4.98 Å². The Bertz CT molecular complexity index is 1090. The number of imidazole rings is 1. The molecule has 0 bridgehead atoms. The number of halogens is 3.